The minimum Gasteiger partial charge on any atom is -0.490 e. The van der Waals surface area contributed by atoms with E-state index in [1.807, 2.05) is 48.7 Å². The minimum atomic E-state index is -0.661. The van der Waals surface area contributed by atoms with Crippen LogP contribution in [0.4, 0.5) is 0 Å². The molecule has 0 saturated carbocycles. The molecule has 1 heterocycles. The second-order valence-corrected chi connectivity index (χ2v) is 5.75. The molecule has 0 amide bonds. The van der Waals surface area contributed by atoms with Gasteiger partial charge >= 0.3 is 0 Å². The molecular formula is C17H18O3S. The van der Waals surface area contributed by atoms with Crippen molar-refractivity contribution in [2.45, 2.75) is 17.4 Å². The summed E-state index contributed by atoms with van der Waals surface area (Å²) in [5.74, 6) is 1.47. The third-order valence-electron chi connectivity index (χ3n) is 3.52. The molecule has 1 N–H and O–H groups in total. The molecule has 1 unspecified atom stereocenters. The van der Waals surface area contributed by atoms with Crippen molar-refractivity contribution in [3.05, 3.63) is 53.6 Å². The van der Waals surface area contributed by atoms with Crippen molar-refractivity contribution in [2.75, 3.05) is 19.5 Å². The summed E-state index contributed by atoms with van der Waals surface area (Å²) in [4.78, 5) is 1.08. The maximum absolute atomic E-state index is 10.7. The van der Waals surface area contributed by atoms with E-state index in [9.17, 15) is 5.11 Å². The molecule has 2 aromatic carbocycles. The Morgan fingerprint density at radius 2 is 1.81 bits per heavy atom. The normalized spacial score (nSPS) is 15.3. The molecule has 3 rings (SSSR count). The van der Waals surface area contributed by atoms with Gasteiger partial charge in [-0.15, -0.1) is 11.8 Å². The molecule has 0 bridgehead atoms. The van der Waals surface area contributed by atoms with E-state index in [-0.39, 0.29) is 0 Å². The van der Waals surface area contributed by atoms with Gasteiger partial charge in [0.25, 0.3) is 0 Å². The van der Waals surface area contributed by atoms with Crippen molar-refractivity contribution in [2.24, 2.45) is 0 Å². The second kappa shape index (κ2) is 6.41. The highest BCUT2D eigenvalue weighted by atomic mass is 32.2. The van der Waals surface area contributed by atoms with Crippen molar-refractivity contribution in [3.8, 4) is 11.5 Å². The smallest absolute Gasteiger partial charge is 0.161 e. The van der Waals surface area contributed by atoms with Crippen molar-refractivity contribution < 1.29 is 14.6 Å². The number of fused-ring (bicyclic) bond motifs is 1. The van der Waals surface area contributed by atoms with Crippen molar-refractivity contribution in [1.29, 1.82) is 0 Å². The zero-order valence-corrected chi connectivity index (χ0v) is 12.7. The molecule has 110 valence electrons. The fourth-order valence-electron chi connectivity index (χ4n) is 2.42. The summed E-state index contributed by atoms with van der Waals surface area (Å²) in [6, 6.07) is 13.6. The Labute approximate surface area is 128 Å². The molecular weight excluding hydrogens is 284 g/mol. The van der Waals surface area contributed by atoms with Crippen LogP contribution in [0.1, 0.15) is 23.7 Å². The molecule has 0 saturated heterocycles. The number of rotatable bonds is 3. The van der Waals surface area contributed by atoms with Gasteiger partial charge in [-0.05, 0) is 35.6 Å². The number of benzene rings is 2. The molecule has 3 nitrogen and oxygen atoms in total. The van der Waals surface area contributed by atoms with Crippen LogP contribution in [0.15, 0.2) is 47.4 Å². The van der Waals surface area contributed by atoms with E-state index in [0.717, 1.165) is 28.2 Å². The van der Waals surface area contributed by atoms with Crippen LogP contribution in [0.25, 0.3) is 0 Å². The quantitative estimate of drug-likeness (QED) is 0.878. The van der Waals surface area contributed by atoms with E-state index in [1.165, 1.54) is 0 Å². The SMILES string of the molecule is CSc1ccccc1C(O)c1ccc2c(c1)OCCCO2. The third-order valence-corrected chi connectivity index (χ3v) is 4.33. The summed E-state index contributed by atoms with van der Waals surface area (Å²) in [5.41, 5.74) is 1.74. The predicted molar refractivity (Wildman–Crippen MR) is 84.3 cm³/mol. The van der Waals surface area contributed by atoms with Gasteiger partial charge < -0.3 is 14.6 Å². The predicted octanol–water partition coefficient (Wildman–Crippen LogP) is 3.65. The molecule has 1 atom stereocenters. The maximum atomic E-state index is 10.7. The molecule has 0 fully saturated rings. The molecule has 0 aromatic heterocycles. The lowest BCUT2D eigenvalue weighted by molar-refractivity contribution is 0.216. The van der Waals surface area contributed by atoms with Gasteiger partial charge in [0.2, 0.25) is 0 Å². The fraction of sp³-hybridized carbons (Fsp3) is 0.294. The largest absolute Gasteiger partial charge is 0.490 e. The van der Waals surface area contributed by atoms with Crippen LogP contribution in [-0.2, 0) is 0 Å². The maximum Gasteiger partial charge on any atom is 0.161 e. The topological polar surface area (TPSA) is 38.7 Å². The molecule has 21 heavy (non-hydrogen) atoms. The number of aliphatic hydroxyl groups is 1. The second-order valence-electron chi connectivity index (χ2n) is 4.90. The lowest BCUT2D eigenvalue weighted by Gasteiger charge is -2.16. The van der Waals surface area contributed by atoms with E-state index in [2.05, 4.69) is 0 Å². The highest BCUT2D eigenvalue weighted by Crippen LogP contribution is 2.36. The van der Waals surface area contributed by atoms with Crippen LogP contribution in [0.3, 0.4) is 0 Å². The first-order chi connectivity index (χ1) is 10.3. The van der Waals surface area contributed by atoms with Crippen LogP contribution in [0.5, 0.6) is 11.5 Å². The Hall–Kier alpha value is -1.65. The Balaban J connectivity index is 1.94. The highest BCUT2D eigenvalue weighted by molar-refractivity contribution is 7.98. The van der Waals surface area contributed by atoms with Gasteiger partial charge in [0, 0.05) is 11.3 Å². The molecule has 2 aromatic rings. The Morgan fingerprint density at radius 3 is 2.62 bits per heavy atom. The highest BCUT2D eigenvalue weighted by Gasteiger charge is 2.17. The van der Waals surface area contributed by atoms with Crippen molar-refractivity contribution in [3.63, 3.8) is 0 Å². The van der Waals surface area contributed by atoms with Crippen LogP contribution in [0, 0.1) is 0 Å². The van der Waals surface area contributed by atoms with Gasteiger partial charge in [0.05, 0.1) is 13.2 Å². The van der Waals surface area contributed by atoms with E-state index >= 15 is 0 Å². The zero-order valence-electron chi connectivity index (χ0n) is 11.9. The summed E-state index contributed by atoms with van der Waals surface area (Å²) in [7, 11) is 0. The molecule has 1 aliphatic heterocycles. The van der Waals surface area contributed by atoms with Gasteiger partial charge in [0.15, 0.2) is 11.5 Å². The summed E-state index contributed by atoms with van der Waals surface area (Å²) in [5, 5.41) is 10.7. The summed E-state index contributed by atoms with van der Waals surface area (Å²) in [6.07, 6.45) is 2.23. The molecule has 4 heteroatoms. The first kappa shape index (κ1) is 14.3. The molecule has 0 radical (unpaired) electrons. The molecule has 1 aliphatic rings. The van der Waals surface area contributed by atoms with Gasteiger partial charge in [-0.25, -0.2) is 0 Å². The Morgan fingerprint density at radius 1 is 1.05 bits per heavy atom. The first-order valence-corrected chi connectivity index (χ1v) is 8.22. The average Bonchev–Trinajstić information content (AvgIpc) is 2.78. The first-order valence-electron chi connectivity index (χ1n) is 7.00. The molecule has 0 spiro atoms. The van der Waals surface area contributed by atoms with Gasteiger partial charge in [0.1, 0.15) is 6.10 Å². The standard InChI is InChI=1S/C17H18O3S/c1-21-16-6-3-2-5-13(16)17(18)12-7-8-14-15(11-12)20-10-4-9-19-14/h2-3,5-8,11,17-18H,4,9-10H2,1H3. The van der Waals surface area contributed by atoms with E-state index < -0.39 is 6.10 Å². The zero-order chi connectivity index (χ0) is 14.7. The van der Waals surface area contributed by atoms with Gasteiger partial charge in [-0.1, -0.05) is 24.3 Å². The summed E-state index contributed by atoms with van der Waals surface area (Å²) >= 11 is 1.63. The summed E-state index contributed by atoms with van der Waals surface area (Å²) in [6.45, 7) is 1.32. The molecule has 0 aliphatic carbocycles. The monoisotopic (exact) mass is 302 g/mol. The Kier molecular flexibility index (Phi) is 4.36. The fourth-order valence-corrected chi connectivity index (χ4v) is 3.05. The number of thioether (sulfide) groups is 1. The number of hydrogen-bond acceptors (Lipinski definition) is 4. The van der Waals surface area contributed by atoms with E-state index in [0.29, 0.717) is 19.0 Å². The summed E-state index contributed by atoms with van der Waals surface area (Å²) < 4.78 is 11.3. The number of ether oxygens (including phenoxy) is 2. The van der Waals surface area contributed by atoms with Crippen molar-refractivity contribution in [1.82, 2.24) is 0 Å². The Bertz CT molecular complexity index is 627. The van der Waals surface area contributed by atoms with Crippen LogP contribution in [0.2, 0.25) is 0 Å². The van der Waals surface area contributed by atoms with Crippen molar-refractivity contribution >= 4 is 11.8 Å². The van der Waals surface area contributed by atoms with Crippen LogP contribution < -0.4 is 9.47 Å². The third kappa shape index (κ3) is 3.01. The van der Waals surface area contributed by atoms with Crippen LogP contribution in [-0.4, -0.2) is 24.6 Å². The average molecular weight is 302 g/mol. The van der Waals surface area contributed by atoms with E-state index in [1.54, 1.807) is 11.8 Å². The van der Waals surface area contributed by atoms with E-state index in [4.69, 9.17) is 9.47 Å². The van der Waals surface area contributed by atoms with Crippen LogP contribution >= 0.6 is 11.8 Å². The number of hydrogen-bond donors (Lipinski definition) is 1. The lowest BCUT2D eigenvalue weighted by Crippen LogP contribution is -2.02. The lowest BCUT2D eigenvalue weighted by atomic mass is 10.0. The minimum absolute atomic E-state index is 0.647. The number of aliphatic hydroxyl groups excluding tert-OH is 1. The van der Waals surface area contributed by atoms with Gasteiger partial charge in [-0.3, -0.25) is 0 Å². The van der Waals surface area contributed by atoms with Gasteiger partial charge in [-0.2, -0.15) is 0 Å².